The Kier molecular flexibility index (Phi) is 4.36. The van der Waals surface area contributed by atoms with Crippen molar-refractivity contribution in [3.05, 3.63) is 55.1 Å². The molecule has 29 heavy (non-hydrogen) atoms. The molecule has 1 aliphatic heterocycles. The van der Waals surface area contributed by atoms with Gasteiger partial charge in [0.05, 0.1) is 19.0 Å². The first-order valence-electron chi connectivity index (χ1n) is 9.29. The first-order valence-corrected chi connectivity index (χ1v) is 9.29. The number of imidazole rings is 1. The molecule has 0 spiro atoms. The van der Waals surface area contributed by atoms with Crippen LogP contribution in [0.2, 0.25) is 0 Å². The van der Waals surface area contributed by atoms with Crippen molar-refractivity contribution in [2.24, 2.45) is 5.73 Å². The van der Waals surface area contributed by atoms with Gasteiger partial charge in [-0.25, -0.2) is 15.0 Å². The number of nitrogens with zero attached hydrogens (tertiary/aromatic N) is 4. The number of hydrogen-bond acceptors (Lipinski definition) is 8. The van der Waals surface area contributed by atoms with E-state index in [1.165, 1.54) is 6.33 Å². The molecule has 5 N–H and O–H groups in total. The van der Waals surface area contributed by atoms with E-state index < -0.39 is 24.5 Å². The van der Waals surface area contributed by atoms with Crippen LogP contribution in [0.15, 0.2) is 55.1 Å². The lowest BCUT2D eigenvalue weighted by molar-refractivity contribution is -0.0437. The Morgan fingerprint density at radius 2 is 1.93 bits per heavy atom. The third-order valence-corrected chi connectivity index (χ3v) is 5.27. The van der Waals surface area contributed by atoms with Crippen LogP contribution in [0.4, 0.5) is 11.5 Å². The molecule has 2 aromatic heterocycles. The normalized spacial score (nSPS) is 24.4. The van der Waals surface area contributed by atoms with Crippen molar-refractivity contribution in [1.82, 2.24) is 19.5 Å². The SMILES string of the molecule is N[C@@H]1[C@H](O)[C@@H](CO)O[C@H]1n1cnc2c(Nc3cccc4ccccc34)ncnc21. The summed E-state index contributed by atoms with van der Waals surface area (Å²) in [5, 5.41) is 25.1. The van der Waals surface area contributed by atoms with E-state index in [9.17, 15) is 10.2 Å². The summed E-state index contributed by atoms with van der Waals surface area (Å²) in [4.78, 5) is 13.1. The number of ether oxygens (including phenoxy) is 1. The van der Waals surface area contributed by atoms with E-state index >= 15 is 0 Å². The van der Waals surface area contributed by atoms with Crippen molar-refractivity contribution in [2.75, 3.05) is 11.9 Å². The molecule has 0 bridgehead atoms. The van der Waals surface area contributed by atoms with Gasteiger partial charge >= 0.3 is 0 Å². The average molecular weight is 392 g/mol. The number of fused-ring (bicyclic) bond motifs is 2. The molecule has 1 aliphatic rings. The Morgan fingerprint density at radius 3 is 2.76 bits per heavy atom. The van der Waals surface area contributed by atoms with Gasteiger partial charge in [0.15, 0.2) is 23.2 Å². The molecule has 4 atom stereocenters. The lowest BCUT2D eigenvalue weighted by Gasteiger charge is -2.17. The van der Waals surface area contributed by atoms with Crippen molar-refractivity contribution in [3.63, 3.8) is 0 Å². The fraction of sp³-hybridized carbons (Fsp3) is 0.250. The van der Waals surface area contributed by atoms with Gasteiger partial charge in [0.1, 0.15) is 18.5 Å². The molecule has 3 heterocycles. The highest BCUT2D eigenvalue weighted by molar-refractivity contribution is 5.97. The van der Waals surface area contributed by atoms with Gasteiger partial charge < -0.3 is 26.0 Å². The fourth-order valence-corrected chi connectivity index (χ4v) is 3.76. The molecule has 5 rings (SSSR count). The zero-order chi connectivity index (χ0) is 20.0. The monoisotopic (exact) mass is 392 g/mol. The maximum atomic E-state index is 10.2. The van der Waals surface area contributed by atoms with E-state index in [4.69, 9.17) is 10.5 Å². The van der Waals surface area contributed by atoms with Crippen LogP contribution >= 0.6 is 0 Å². The molecule has 0 unspecified atom stereocenters. The summed E-state index contributed by atoms with van der Waals surface area (Å²) in [5.74, 6) is 0.552. The molecule has 0 saturated carbocycles. The zero-order valence-electron chi connectivity index (χ0n) is 15.4. The fourth-order valence-electron chi connectivity index (χ4n) is 3.76. The number of anilines is 2. The third kappa shape index (κ3) is 2.91. The topological polar surface area (TPSA) is 131 Å². The van der Waals surface area contributed by atoms with Gasteiger partial charge in [0.25, 0.3) is 0 Å². The van der Waals surface area contributed by atoms with Gasteiger partial charge in [0, 0.05) is 11.1 Å². The first-order chi connectivity index (χ1) is 14.2. The van der Waals surface area contributed by atoms with Crippen LogP contribution in [-0.4, -0.2) is 54.6 Å². The largest absolute Gasteiger partial charge is 0.394 e. The second-order valence-electron chi connectivity index (χ2n) is 7.01. The van der Waals surface area contributed by atoms with E-state index in [-0.39, 0.29) is 6.61 Å². The molecular weight excluding hydrogens is 372 g/mol. The summed E-state index contributed by atoms with van der Waals surface area (Å²) in [7, 11) is 0. The maximum Gasteiger partial charge on any atom is 0.167 e. The summed E-state index contributed by atoms with van der Waals surface area (Å²) in [5.41, 5.74) is 8.08. The number of aliphatic hydroxyl groups excluding tert-OH is 2. The van der Waals surface area contributed by atoms with Crippen LogP contribution in [0.1, 0.15) is 6.23 Å². The standard InChI is InChI=1S/C20H20N6O3/c21-15-17(28)14(8-27)29-20(15)26-10-24-16-18(22-9-23-19(16)26)25-13-7-3-5-11-4-1-2-6-12(11)13/h1-7,9-10,14-15,17,20,27-28H,8,21H2,(H,22,23,25)/t14-,15-,17-,20-/m1/s1. The summed E-state index contributed by atoms with van der Waals surface area (Å²) in [6.45, 7) is -0.319. The van der Waals surface area contributed by atoms with E-state index in [1.54, 1.807) is 10.9 Å². The highest BCUT2D eigenvalue weighted by Gasteiger charge is 2.42. The Hall–Kier alpha value is -3.11. The van der Waals surface area contributed by atoms with E-state index in [0.29, 0.717) is 17.0 Å². The minimum absolute atomic E-state index is 0.319. The van der Waals surface area contributed by atoms with Crippen LogP contribution in [0.3, 0.4) is 0 Å². The molecular formula is C20H20N6O3. The third-order valence-electron chi connectivity index (χ3n) is 5.27. The lowest BCUT2D eigenvalue weighted by atomic mass is 10.1. The van der Waals surface area contributed by atoms with Crippen LogP contribution in [0.5, 0.6) is 0 Å². The molecule has 9 nitrogen and oxygen atoms in total. The van der Waals surface area contributed by atoms with Crippen LogP contribution < -0.4 is 11.1 Å². The molecule has 0 aliphatic carbocycles. The second kappa shape index (κ2) is 7.05. The molecule has 4 aromatic rings. The molecule has 0 amide bonds. The van der Waals surface area contributed by atoms with Gasteiger partial charge in [-0.1, -0.05) is 36.4 Å². The van der Waals surface area contributed by atoms with Gasteiger partial charge in [-0.3, -0.25) is 4.57 Å². The number of nitrogens with two attached hydrogens (primary N) is 1. The van der Waals surface area contributed by atoms with Gasteiger partial charge in [0.2, 0.25) is 0 Å². The quantitative estimate of drug-likeness (QED) is 0.409. The predicted octanol–water partition coefficient (Wildman–Crippen LogP) is 1.30. The Balaban J connectivity index is 1.54. The molecule has 148 valence electrons. The predicted molar refractivity (Wildman–Crippen MR) is 108 cm³/mol. The highest BCUT2D eigenvalue weighted by Crippen LogP contribution is 2.32. The smallest absolute Gasteiger partial charge is 0.167 e. The zero-order valence-corrected chi connectivity index (χ0v) is 15.4. The van der Waals surface area contributed by atoms with Crippen LogP contribution in [0.25, 0.3) is 21.9 Å². The lowest BCUT2D eigenvalue weighted by Crippen LogP contribution is -2.39. The van der Waals surface area contributed by atoms with Gasteiger partial charge in [-0.05, 0) is 11.5 Å². The van der Waals surface area contributed by atoms with E-state index in [1.807, 2.05) is 42.5 Å². The summed E-state index contributed by atoms with van der Waals surface area (Å²) >= 11 is 0. The summed E-state index contributed by atoms with van der Waals surface area (Å²) in [6.07, 6.45) is 0.589. The molecule has 9 heteroatoms. The van der Waals surface area contributed by atoms with Crippen LogP contribution in [0, 0.1) is 0 Å². The number of hydrogen-bond donors (Lipinski definition) is 4. The molecule has 0 radical (unpaired) electrons. The maximum absolute atomic E-state index is 10.2. The van der Waals surface area contributed by atoms with Crippen molar-refractivity contribution in [1.29, 1.82) is 0 Å². The van der Waals surface area contributed by atoms with Gasteiger partial charge in [-0.15, -0.1) is 0 Å². The second-order valence-corrected chi connectivity index (χ2v) is 7.01. The van der Waals surface area contributed by atoms with Crippen molar-refractivity contribution in [2.45, 2.75) is 24.5 Å². The minimum atomic E-state index is -0.974. The van der Waals surface area contributed by atoms with Crippen molar-refractivity contribution < 1.29 is 14.9 Å². The number of benzene rings is 2. The number of rotatable bonds is 4. The van der Waals surface area contributed by atoms with Crippen molar-refractivity contribution >= 4 is 33.4 Å². The van der Waals surface area contributed by atoms with E-state index in [0.717, 1.165) is 16.5 Å². The number of aliphatic hydroxyl groups is 2. The Morgan fingerprint density at radius 1 is 1.10 bits per heavy atom. The first kappa shape index (κ1) is 18.0. The average Bonchev–Trinajstić information content (AvgIpc) is 3.30. The highest BCUT2D eigenvalue weighted by atomic mass is 16.5. The summed E-state index contributed by atoms with van der Waals surface area (Å²) < 4.78 is 7.38. The molecule has 2 aromatic carbocycles. The Bertz CT molecular complexity index is 1170. The van der Waals surface area contributed by atoms with Crippen LogP contribution in [-0.2, 0) is 4.74 Å². The Labute approximate surface area is 165 Å². The van der Waals surface area contributed by atoms with Gasteiger partial charge in [-0.2, -0.15) is 0 Å². The molecule has 1 saturated heterocycles. The summed E-state index contributed by atoms with van der Waals surface area (Å²) in [6, 6.07) is 13.4. The molecule has 1 fully saturated rings. The number of aromatic nitrogens is 4. The van der Waals surface area contributed by atoms with Crippen molar-refractivity contribution in [3.8, 4) is 0 Å². The number of nitrogens with one attached hydrogen (secondary N) is 1. The van der Waals surface area contributed by atoms with E-state index in [2.05, 4.69) is 20.3 Å². The minimum Gasteiger partial charge on any atom is -0.394 e.